The second kappa shape index (κ2) is 5.81. The molecule has 0 aliphatic rings. The summed E-state index contributed by atoms with van der Waals surface area (Å²) in [5, 5.41) is 9.25. The lowest BCUT2D eigenvalue weighted by Gasteiger charge is -2.08. The molecule has 0 radical (unpaired) electrons. The number of ketones is 1. The van der Waals surface area contributed by atoms with Gasteiger partial charge in [0.15, 0.2) is 5.78 Å². The lowest BCUT2D eigenvalue weighted by atomic mass is 9.94. The second-order valence-corrected chi connectivity index (χ2v) is 5.92. The van der Waals surface area contributed by atoms with Crippen LogP contribution in [0.3, 0.4) is 0 Å². The summed E-state index contributed by atoms with van der Waals surface area (Å²) in [4.78, 5) is 14.0. The van der Waals surface area contributed by atoms with Crippen LogP contribution in [0.25, 0.3) is 0 Å². The van der Waals surface area contributed by atoms with Crippen molar-refractivity contribution in [2.75, 3.05) is 0 Å². The Bertz CT molecular complexity index is 619. The van der Waals surface area contributed by atoms with Gasteiger partial charge < -0.3 is 0 Å². The van der Waals surface area contributed by atoms with Crippen molar-refractivity contribution in [2.24, 2.45) is 0 Å². The maximum Gasteiger partial charge on any atom is 0.174 e. The highest BCUT2D eigenvalue weighted by atomic mass is 32.1. The number of thiophene rings is 1. The summed E-state index contributed by atoms with van der Waals surface area (Å²) in [5.41, 5.74) is 2.07. The molecule has 1 aromatic heterocycles. The number of Topliss-reactive ketones (excluding diaryl/α,β-unsaturated/α-hetero) is 1. The molecule has 0 saturated carbocycles. The van der Waals surface area contributed by atoms with E-state index >= 15 is 0 Å². The minimum absolute atomic E-state index is 0.0465. The van der Waals surface area contributed by atoms with Crippen LogP contribution in [0.15, 0.2) is 36.4 Å². The quantitative estimate of drug-likeness (QED) is 0.779. The largest absolute Gasteiger partial charge is 0.293 e. The molecule has 0 N–H and O–H groups in total. The topological polar surface area (TPSA) is 40.9 Å². The summed E-state index contributed by atoms with van der Waals surface area (Å²) in [5.74, 6) is -0.319. The SMILES string of the molecule is Cc1ccc(C(C#N)CC(=O)c2ccc(C)s2)cc1. The first-order valence-corrected chi connectivity index (χ1v) is 6.97. The van der Waals surface area contributed by atoms with Gasteiger partial charge in [0.2, 0.25) is 0 Å². The molecule has 0 bridgehead atoms. The highest BCUT2D eigenvalue weighted by Crippen LogP contribution is 2.24. The van der Waals surface area contributed by atoms with Gasteiger partial charge >= 0.3 is 0 Å². The molecule has 96 valence electrons. The molecule has 0 saturated heterocycles. The number of nitrogens with zero attached hydrogens (tertiary/aromatic N) is 1. The second-order valence-electron chi connectivity index (χ2n) is 4.63. The van der Waals surface area contributed by atoms with Crippen molar-refractivity contribution in [3.63, 3.8) is 0 Å². The number of nitriles is 1. The van der Waals surface area contributed by atoms with Crippen LogP contribution in [0, 0.1) is 25.2 Å². The summed E-state index contributed by atoms with van der Waals surface area (Å²) in [6.45, 7) is 3.98. The monoisotopic (exact) mass is 269 g/mol. The summed E-state index contributed by atoms with van der Waals surface area (Å²) < 4.78 is 0. The van der Waals surface area contributed by atoms with Gasteiger partial charge in [-0.05, 0) is 31.5 Å². The zero-order valence-corrected chi connectivity index (χ0v) is 11.8. The average molecular weight is 269 g/mol. The van der Waals surface area contributed by atoms with Crippen molar-refractivity contribution in [3.8, 4) is 6.07 Å². The highest BCUT2D eigenvalue weighted by molar-refractivity contribution is 7.14. The van der Waals surface area contributed by atoms with Crippen LogP contribution >= 0.6 is 11.3 Å². The highest BCUT2D eigenvalue weighted by Gasteiger charge is 2.17. The third-order valence-corrected chi connectivity index (χ3v) is 4.08. The van der Waals surface area contributed by atoms with E-state index in [2.05, 4.69) is 6.07 Å². The number of hydrogen-bond donors (Lipinski definition) is 0. The molecule has 2 nitrogen and oxygen atoms in total. The molecule has 2 aromatic rings. The fraction of sp³-hybridized carbons (Fsp3) is 0.250. The smallest absolute Gasteiger partial charge is 0.174 e. The molecule has 0 aliphatic heterocycles. The lowest BCUT2D eigenvalue weighted by Crippen LogP contribution is -2.04. The molecule has 0 aliphatic carbocycles. The first-order chi connectivity index (χ1) is 9.10. The molecule has 0 spiro atoms. The van der Waals surface area contributed by atoms with Crippen molar-refractivity contribution in [2.45, 2.75) is 26.2 Å². The number of hydrogen-bond acceptors (Lipinski definition) is 3. The summed E-state index contributed by atoms with van der Waals surface area (Å²) >= 11 is 1.49. The van der Waals surface area contributed by atoms with E-state index in [0.29, 0.717) is 0 Å². The van der Waals surface area contributed by atoms with Crippen LogP contribution in [0.2, 0.25) is 0 Å². The van der Waals surface area contributed by atoms with Crippen molar-refractivity contribution < 1.29 is 4.79 Å². The molecule has 3 heteroatoms. The van der Waals surface area contributed by atoms with Crippen LogP contribution in [-0.2, 0) is 0 Å². The van der Waals surface area contributed by atoms with E-state index in [1.165, 1.54) is 11.3 Å². The first-order valence-electron chi connectivity index (χ1n) is 6.16. The predicted octanol–water partition coefficient (Wildman–Crippen LogP) is 4.25. The van der Waals surface area contributed by atoms with Gasteiger partial charge in [0.1, 0.15) is 0 Å². The van der Waals surface area contributed by atoms with Gasteiger partial charge in [0, 0.05) is 11.3 Å². The van der Waals surface area contributed by atoms with E-state index in [4.69, 9.17) is 0 Å². The van der Waals surface area contributed by atoms with E-state index in [9.17, 15) is 10.1 Å². The summed E-state index contributed by atoms with van der Waals surface area (Å²) in [6, 6.07) is 13.8. The Morgan fingerprint density at radius 1 is 1.21 bits per heavy atom. The summed E-state index contributed by atoms with van der Waals surface area (Å²) in [7, 11) is 0. The van der Waals surface area contributed by atoms with Gasteiger partial charge in [-0.25, -0.2) is 0 Å². The molecule has 1 unspecified atom stereocenters. The Morgan fingerprint density at radius 3 is 2.42 bits per heavy atom. The van der Waals surface area contributed by atoms with E-state index < -0.39 is 0 Å². The Labute approximate surface area is 117 Å². The van der Waals surface area contributed by atoms with E-state index in [1.807, 2.05) is 50.2 Å². The molecule has 0 amide bonds. The van der Waals surface area contributed by atoms with Gasteiger partial charge in [-0.3, -0.25) is 4.79 Å². The van der Waals surface area contributed by atoms with Crippen LogP contribution in [0.1, 0.15) is 38.0 Å². The maximum atomic E-state index is 12.1. The van der Waals surface area contributed by atoms with Crippen LogP contribution in [0.4, 0.5) is 0 Å². The summed E-state index contributed by atoms with van der Waals surface area (Å²) in [6.07, 6.45) is 0.250. The van der Waals surface area contributed by atoms with Crippen molar-refractivity contribution in [1.82, 2.24) is 0 Å². The van der Waals surface area contributed by atoms with Crippen molar-refractivity contribution in [1.29, 1.82) is 5.26 Å². The molecular formula is C16H15NOS. The maximum absolute atomic E-state index is 12.1. The normalized spacial score (nSPS) is 11.8. The van der Waals surface area contributed by atoms with Gasteiger partial charge in [-0.2, -0.15) is 5.26 Å². The van der Waals surface area contributed by atoms with Gasteiger partial charge in [-0.15, -0.1) is 11.3 Å². The molecule has 1 heterocycles. The van der Waals surface area contributed by atoms with E-state index in [0.717, 1.165) is 20.9 Å². The fourth-order valence-corrected chi connectivity index (χ4v) is 2.72. The van der Waals surface area contributed by atoms with Crippen LogP contribution in [0.5, 0.6) is 0 Å². The molecule has 1 aromatic carbocycles. The number of aryl methyl sites for hydroxylation is 2. The van der Waals surface area contributed by atoms with Crippen molar-refractivity contribution >= 4 is 17.1 Å². The fourth-order valence-electron chi connectivity index (χ4n) is 1.91. The molecular weight excluding hydrogens is 254 g/mol. The van der Waals surface area contributed by atoms with Crippen LogP contribution in [-0.4, -0.2) is 5.78 Å². The molecule has 0 fully saturated rings. The standard InChI is InChI=1S/C16H15NOS/c1-11-3-6-13(7-4-11)14(10-17)9-15(18)16-8-5-12(2)19-16/h3-8,14H,9H2,1-2H3. The minimum Gasteiger partial charge on any atom is -0.293 e. The molecule has 2 rings (SSSR count). The van der Waals surface area contributed by atoms with Crippen LogP contribution < -0.4 is 0 Å². The van der Waals surface area contributed by atoms with Gasteiger partial charge in [-0.1, -0.05) is 29.8 Å². The number of carbonyl (C=O) groups is 1. The Hall–Kier alpha value is -1.92. The lowest BCUT2D eigenvalue weighted by molar-refractivity contribution is 0.0983. The predicted molar refractivity (Wildman–Crippen MR) is 77.5 cm³/mol. The number of rotatable bonds is 4. The molecule has 19 heavy (non-hydrogen) atoms. The number of benzene rings is 1. The Balaban J connectivity index is 2.14. The van der Waals surface area contributed by atoms with Gasteiger partial charge in [0.25, 0.3) is 0 Å². The average Bonchev–Trinajstić information content (AvgIpc) is 2.84. The van der Waals surface area contributed by atoms with Crippen molar-refractivity contribution in [3.05, 3.63) is 57.3 Å². The third-order valence-electron chi connectivity index (χ3n) is 3.04. The Morgan fingerprint density at radius 2 is 1.89 bits per heavy atom. The zero-order valence-electron chi connectivity index (χ0n) is 11.0. The minimum atomic E-state index is -0.365. The van der Waals surface area contributed by atoms with E-state index in [-0.39, 0.29) is 18.1 Å². The zero-order chi connectivity index (χ0) is 13.8. The Kier molecular flexibility index (Phi) is 4.13. The third kappa shape index (κ3) is 3.30. The first kappa shape index (κ1) is 13.5. The molecule has 1 atom stereocenters. The van der Waals surface area contributed by atoms with Gasteiger partial charge in [0.05, 0.1) is 16.9 Å². The number of carbonyl (C=O) groups excluding carboxylic acids is 1. The van der Waals surface area contributed by atoms with E-state index in [1.54, 1.807) is 0 Å².